The number of rotatable bonds is 7. The first-order valence-electron chi connectivity index (χ1n) is 9.64. The number of hydrogen-bond acceptors (Lipinski definition) is 7. The topological polar surface area (TPSA) is 102 Å². The van der Waals surface area contributed by atoms with Crippen LogP contribution in [0.25, 0.3) is 0 Å². The number of carbonyl (C=O) groups is 2. The van der Waals surface area contributed by atoms with Crippen LogP contribution in [-0.2, 0) is 14.2 Å². The predicted octanol–water partition coefficient (Wildman–Crippen LogP) is 2.14. The van der Waals surface area contributed by atoms with Crippen LogP contribution in [0.3, 0.4) is 0 Å². The molecule has 0 saturated heterocycles. The maximum absolute atomic E-state index is 12.4. The number of carbonyl (C=O) groups excluding carboxylic acids is 2. The smallest absolute Gasteiger partial charge is 0.338 e. The Morgan fingerprint density at radius 2 is 1.50 bits per heavy atom. The average molecular weight is 412 g/mol. The van der Waals surface area contributed by atoms with Crippen molar-refractivity contribution in [1.29, 1.82) is 0 Å². The molecule has 0 fully saturated rings. The van der Waals surface area contributed by atoms with Gasteiger partial charge < -0.3 is 24.4 Å². The Kier molecular flexibility index (Phi) is 6.99. The zero-order valence-corrected chi connectivity index (χ0v) is 16.5. The van der Waals surface area contributed by atoms with Crippen LogP contribution in [0.1, 0.15) is 27.6 Å². The lowest BCUT2D eigenvalue weighted by Gasteiger charge is -2.42. The summed E-state index contributed by atoms with van der Waals surface area (Å²) in [5.74, 6) is -1.30. The van der Waals surface area contributed by atoms with Gasteiger partial charge in [0.1, 0.15) is 24.9 Å². The van der Waals surface area contributed by atoms with Crippen molar-refractivity contribution in [1.82, 2.24) is 0 Å². The maximum Gasteiger partial charge on any atom is 0.338 e. The van der Waals surface area contributed by atoms with Crippen molar-refractivity contribution in [2.24, 2.45) is 0 Å². The molecule has 2 aromatic carbocycles. The van der Waals surface area contributed by atoms with Crippen molar-refractivity contribution < 1.29 is 34.0 Å². The molecule has 0 unspecified atom stereocenters. The first kappa shape index (κ1) is 21.7. The summed E-state index contributed by atoms with van der Waals surface area (Å²) in [4.78, 5) is 24.6. The van der Waals surface area contributed by atoms with Crippen molar-refractivity contribution in [3.63, 3.8) is 0 Å². The lowest BCUT2D eigenvalue weighted by Crippen LogP contribution is -2.62. The van der Waals surface area contributed by atoms with Crippen LogP contribution >= 0.6 is 0 Å². The Labute approximate surface area is 174 Å². The highest BCUT2D eigenvalue weighted by atomic mass is 16.6. The second kappa shape index (κ2) is 9.67. The molecule has 7 heteroatoms. The number of esters is 2. The van der Waals surface area contributed by atoms with Crippen LogP contribution < -0.4 is 0 Å². The standard InChI is InChI=1S/C23H24O7/c1-2-28-19-14-13-18(30-22(26)17-11-7-4-8-12-17)20(24)23(19,27)15-29-21(25)16-9-5-3-6-10-16/h3-14,18-20,24,27H,2,15H2,1H3/t18-,19+,20+,23-/m0/s1. The van der Waals surface area contributed by atoms with E-state index in [9.17, 15) is 19.8 Å². The Bertz CT molecular complexity index is 881. The van der Waals surface area contributed by atoms with Crippen LogP contribution in [0.15, 0.2) is 72.8 Å². The Hall–Kier alpha value is -3.00. The zero-order valence-electron chi connectivity index (χ0n) is 16.5. The molecule has 1 aliphatic rings. The van der Waals surface area contributed by atoms with E-state index in [0.29, 0.717) is 11.1 Å². The van der Waals surface area contributed by atoms with Gasteiger partial charge in [0.15, 0.2) is 5.60 Å². The van der Waals surface area contributed by atoms with Crippen LogP contribution in [0.5, 0.6) is 0 Å². The fraction of sp³-hybridized carbons (Fsp3) is 0.304. The number of aliphatic hydroxyl groups excluding tert-OH is 1. The minimum absolute atomic E-state index is 0.255. The summed E-state index contributed by atoms with van der Waals surface area (Å²) in [5, 5.41) is 22.0. The van der Waals surface area contributed by atoms with Gasteiger partial charge in [-0.05, 0) is 37.3 Å². The summed E-state index contributed by atoms with van der Waals surface area (Å²) in [5.41, 5.74) is -1.39. The number of ether oxygens (including phenoxy) is 3. The van der Waals surface area contributed by atoms with E-state index in [0.717, 1.165) is 0 Å². The summed E-state index contributed by atoms with van der Waals surface area (Å²) >= 11 is 0. The highest BCUT2D eigenvalue weighted by Gasteiger charge is 2.51. The van der Waals surface area contributed by atoms with Gasteiger partial charge in [0, 0.05) is 6.61 Å². The molecular formula is C23H24O7. The molecule has 0 saturated carbocycles. The highest BCUT2D eigenvalue weighted by Crippen LogP contribution is 2.30. The molecule has 0 aliphatic heterocycles. The Morgan fingerprint density at radius 1 is 0.933 bits per heavy atom. The van der Waals surface area contributed by atoms with E-state index in [2.05, 4.69) is 0 Å². The van der Waals surface area contributed by atoms with E-state index in [1.807, 2.05) is 0 Å². The van der Waals surface area contributed by atoms with E-state index in [-0.39, 0.29) is 6.61 Å². The molecular weight excluding hydrogens is 388 g/mol. The highest BCUT2D eigenvalue weighted by molar-refractivity contribution is 5.90. The first-order chi connectivity index (χ1) is 14.5. The van der Waals surface area contributed by atoms with E-state index in [4.69, 9.17) is 14.2 Å². The molecule has 3 rings (SSSR count). The monoisotopic (exact) mass is 412 g/mol. The zero-order chi connectivity index (χ0) is 21.6. The molecule has 0 aromatic heterocycles. The van der Waals surface area contributed by atoms with Gasteiger partial charge in [0.2, 0.25) is 0 Å². The fourth-order valence-corrected chi connectivity index (χ4v) is 3.19. The predicted molar refractivity (Wildman–Crippen MR) is 108 cm³/mol. The van der Waals surface area contributed by atoms with Crippen molar-refractivity contribution in [2.45, 2.75) is 30.8 Å². The second-order valence-electron chi connectivity index (χ2n) is 6.88. The van der Waals surface area contributed by atoms with Gasteiger partial charge in [-0.3, -0.25) is 0 Å². The molecule has 0 radical (unpaired) electrons. The van der Waals surface area contributed by atoms with Gasteiger partial charge in [-0.2, -0.15) is 0 Å². The van der Waals surface area contributed by atoms with Crippen molar-refractivity contribution in [3.05, 3.63) is 83.9 Å². The summed E-state index contributed by atoms with van der Waals surface area (Å²) in [6, 6.07) is 16.6. The molecule has 2 aromatic rings. The van der Waals surface area contributed by atoms with Gasteiger partial charge in [0.05, 0.1) is 11.1 Å². The quantitative estimate of drug-likeness (QED) is 0.531. The van der Waals surface area contributed by atoms with Crippen molar-refractivity contribution >= 4 is 11.9 Å². The summed E-state index contributed by atoms with van der Waals surface area (Å²) in [6.07, 6.45) is -0.715. The maximum atomic E-state index is 12.4. The summed E-state index contributed by atoms with van der Waals surface area (Å²) in [7, 11) is 0. The minimum atomic E-state index is -2.00. The van der Waals surface area contributed by atoms with Gasteiger partial charge in [-0.1, -0.05) is 42.5 Å². The molecule has 0 amide bonds. The third-order valence-electron chi connectivity index (χ3n) is 4.83. The molecule has 2 N–H and O–H groups in total. The van der Waals surface area contributed by atoms with Crippen molar-refractivity contribution in [3.8, 4) is 0 Å². The van der Waals surface area contributed by atoms with Gasteiger partial charge in [0.25, 0.3) is 0 Å². The third kappa shape index (κ3) is 4.76. The van der Waals surface area contributed by atoms with E-state index in [1.54, 1.807) is 67.6 Å². The van der Waals surface area contributed by atoms with Gasteiger partial charge in [-0.15, -0.1) is 0 Å². The molecule has 7 nitrogen and oxygen atoms in total. The summed E-state index contributed by atoms with van der Waals surface area (Å²) < 4.78 is 16.1. The lowest BCUT2D eigenvalue weighted by atomic mass is 9.82. The van der Waals surface area contributed by atoms with E-state index >= 15 is 0 Å². The van der Waals surface area contributed by atoms with Crippen LogP contribution in [0.2, 0.25) is 0 Å². The molecule has 0 bridgehead atoms. The fourth-order valence-electron chi connectivity index (χ4n) is 3.19. The van der Waals surface area contributed by atoms with E-state index < -0.39 is 42.5 Å². The number of aliphatic hydroxyl groups is 2. The first-order valence-corrected chi connectivity index (χ1v) is 9.64. The van der Waals surface area contributed by atoms with Gasteiger partial charge in [-0.25, -0.2) is 9.59 Å². The van der Waals surface area contributed by atoms with E-state index in [1.165, 1.54) is 12.2 Å². The average Bonchev–Trinajstić information content (AvgIpc) is 2.78. The molecule has 0 spiro atoms. The number of benzene rings is 2. The SMILES string of the molecule is CCO[C@@H]1C=C[C@H](OC(=O)c2ccccc2)[C@@H](O)[C@]1(O)COC(=O)c1ccccc1. The lowest BCUT2D eigenvalue weighted by molar-refractivity contribution is -0.194. The largest absolute Gasteiger partial charge is 0.459 e. The van der Waals surface area contributed by atoms with Crippen molar-refractivity contribution in [2.75, 3.05) is 13.2 Å². The normalized spacial score (nSPS) is 25.5. The molecule has 158 valence electrons. The summed E-state index contributed by atoms with van der Waals surface area (Å²) in [6.45, 7) is 1.44. The van der Waals surface area contributed by atoms with Crippen LogP contribution in [0.4, 0.5) is 0 Å². The minimum Gasteiger partial charge on any atom is -0.459 e. The third-order valence-corrected chi connectivity index (χ3v) is 4.83. The molecule has 0 heterocycles. The molecule has 1 aliphatic carbocycles. The Balaban J connectivity index is 1.75. The van der Waals surface area contributed by atoms with Crippen LogP contribution in [-0.4, -0.2) is 59.3 Å². The van der Waals surface area contributed by atoms with Crippen LogP contribution in [0, 0.1) is 0 Å². The molecule has 4 atom stereocenters. The van der Waals surface area contributed by atoms with Gasteiger partial charge >= 0.3 is 11.9 Å². The number of hydrogen-bond donors (Lipinski definition) is 2. The Morgan fingerprint density at radius 3 is 2.07 bits per heavy atom. The second-order valence-corrected chi connectivity index (χ2v) is 6.88. The molecule has 30 heavy (non-hydrogen) atoms.